The number of esters is 2. The van der Waals surface area contributed by atoms with Gasteiger partial charge >= 0.3 is 18.1 Å². The van der Waals surface area contributed by atoms with Crippen LogP contribution in [0.4, 0.5) is 4.79 Å². The molecule has 0 heterocycles. The summed E-state index contributed by atoms with van der Waals surface area (Å²) in [5.41, 5.74) is 1.24. The van der Waals surface area contributed by atoms with Crippen molar-refractivity contribution in [3.05, 3.63) is 96.1 Å². The van der Waals surface area contributed by atoms with E-state index in [1.165, 1.54) is 51.0 Å². The van der Waals surface area contributed by atoms with Gasteiger partial charge in [0, 0.05) is 0 Å². The summed E-state index contributed by atoms with van der Waals surface area (Å²) in [7, 11) is 0. The van der Waals surface area contributed by atoms with Crippen molar-refractivity contribution in [2.24, 2.45) is 52.3 Å². The van der Waals surface area contributed by atoms with Crippen LogP contribution in [0.15, 0.2) is 84.9 Å². The zero-order chi connectivity index (χ0) is 41.0. The van der Waals surface area contributed by atoms with Gasteiger partial charge in [-0.25, -0.2) is 14.4 Å². The lowest BCUT2D eigenvalue weighted by molar-refractivity contribution is -0.0852. The third kappa shape index (κ3) is 9.01. The summed E-state index contributed by atoms with van der Waals surface area (Å²) >= 11 is 0. The van der Waals surface area contributed by atoms with E-state index >= 15 is 0 Å². The highest BCUT2D eigenvalue weighted by Gasteiger charge is 2.59. The molecule has 3 aromatic rings. The van der Waals surface area contributed by atoms with E-state index in [2.05, 4.69) is 46.8 Å². The molecular formula is C50H62O8. The number of ether oxygens (including phenoxy) is 5. The Kier molecular flexibility index (Phi) is 12.7. The lowest BCUT2D eigenvalue weighted by atomic mass is 9.46. The molecule has 0 radical (unpaired) electrons. The lowest BCUT2D eigenvalue weighted by Gasteiger charge is -2.59. The van der Waals surface area contributed by atoms with E-state index in [0.717, 1.165) is 42.9 Å². The van der Waals surface area contributed by atoms with Crippen LogP contribution >= 0.6 is 0 Å². The van der Waals surface area contributed by atoms with Crippen molar-refractivity contribution < 1.29 is 38.1 Å². The highest BCUT2D eigenvalue weighted by Crippen LogP contribution is 2.67. The molecule has 4 aliphatic carbocycles. The van der Waals surface area contributed by atoms with Crippen molar-refractivity contribution >= 4 is 18.1 Å². The normalized spacial score (nSPS) is 29.0. The van der Waals surface area contributed by atoms with Crippen LogP contribution in [0.25, 0.3) is 0 Å². The third-order valence-corrected chi connectivity index (χ3v) is 14.5. The number of carbonyl (C=O) groups is 3. The van der Waals surface area contributed by atoms with E-state index in [1.54, 1.807) is 66.7 Å². The van der Waals surface area contributed by atoms with E-state index < -0.39 is 18.1 Å². The molecule has 0 saturated heterocycles. The van der Waals surface area contributed by atoms with Crippen molar-refractivity contribution in [2.45, 2.75) is 112 Å². The van der Waals surface area contributed by atoms with Gasteiger partial charge in [0.2, 0.25) is 0 Å². The largest absolute Gasteiger partial charge is 0.514 e. The number of hydrogen-bond acceptors (Lipinski definition) is 8. The topological polar surface area (TPSA) is 97.4 Å². The van der Waals surface area contributed by atoms with Gasteiger partial charge < -0.3 is 23.7 Å². The first-order valence-corrected chi connectivity index (χ1v) is 21.8. The van der Waals surface area contributed by atoms with Gasteiger partial charge in [-0.3, -0.25) is 0 Å². The van der Waals surface area contributed by atoms with Crippen LogP contribution in [0.5, 0.6) is 23.0 Å². The van der Waals surface area contributed by atoms with E-state index in [-0.39, 0.29) is 28.6 Å². The Morgan fingerprint density at radius 1 is 0.690 bits per heavy atom. The Hall–Kier alpha value is -4.59. The quantitative estimate of drug-likeness (QED) is 0.0731. The molecule has 3 unspecified atom stereocenters. The Morgan fingerprint density at radius 3 is 2.03 bits per heavy atom. The van der Waals surface area contributed by atoms with Crippen molar-refractivity contribution in [3.63, 3.8) is 0 Å². The third-order valence-electron chi connectivity index (χ3n) is 14.5. The van der Waals surface area contributed by atoms with Crippen LogP contribution in [0.3, 0.4) is 0 Å². The first-order valence-electron chi connectivity index (χ1n) is 21.8. The molecule has 4 aliphatic rings. The second-order valence-corrected chi connectivity index (χ2v) is 18.4. The van der Waals surface area contributed by atoms with E-state index in [4.69, 9.17) is 23.7 Å². The van der Waals surface area contributed by atoms with E-state index in [1.807, 2.05) is 6.92 Å². The first-order chi connectivity index (χ1) is 27.9. The highest BCUT2D eigenvalue weighted by atomic mass is 16.7. The molecule has 7 rings (SSSR count). The fourth-order valence-electron chi connectivity index (χ4n) is 11.4. The standard InChI is InChI=1S/C50H62O8/c1-7-54-37-17-14-34(15-18-37)46(51)55-38-19-21-39(22-20-38)56-47(52)35-12-9-13-40(30-35)57-48(53)58-41-26-28-49(5)36(31-41)16-23-42-44-25-24-43(33(4)11-8-10-32(2)3)50(44,6)29-27-45(42)49/h9,12-23,30,32-33,36,41-45H,7-8,10-11,24-29,31H2,1-6H3/t33?,36?,41?,42-,43+,44-,45-,49-,50+/m1/s1. The summed E-state index contributed by atoms with van der Waals surface area (Å²) < 4.78 is 28.0. The van der Waals surface area contributed by atoms with Crippen molar-refractivity contribution in [3.8, 4) is 23.0 Å². The Balaban J connectivity index is 0.895. The van der Waals surface area contributed by atoms with Crippen LogP contribution in [0.2, 0.25) is 0 Å². The molecule has 0 N–H and O–H groups in total. The number of benzene rings is 3. The monoisotopic (exact) mass is 790 g/mol. The van der Waals surface area contributed by atoms with Crippen molar-refractivity contribution in [1.82, 2.24) is 0 Å². The Labute approximate surface area is 345 Å². The Morgan fingerprint density at radius 2 is 1.34 bits per heavy atom. The van der Waals surface area contributed by atoms with Crippen LogP contribution in [-0.4, -0.2) is 30.8 Å². The molecule has 0 aromatic heterocycles. The molecule has 310 valence electrons. The number of carbonyl (C=O) groups excluding carboxylic acids is 3. The fourth-order valence-corrected chi connectivity index (χ4v) is 11.4. The number of fused-ring (bicyclic) bond motifs is 5. The van der Waals surface area contributed by atoms with Gasteiger partial charge in [-0.05, 0) is 171 Å². The molecule has 3 aromatic carbocycles. The van der Waals surface area contributed by atoms with Gasteiger partial charge in [0.05, 0.1) is 17.7 Å². The summed E-state index contributed by atoms with van der Waals surface area (Å²) in [4.78, 5) is 38.7. The van der Waals surface area contributed by atoms with Gasteiger partial charge in [-0.2, -0.15) is 0 Å². The molecule has 8 nitrogen and oxygen atoms in total. The molecule has 58 heavy (non-hydrogen) atoms. The van der Waals surface area contributed by atoms with Gasteiger partial charge in [0.15, 0.2) is 0 Å². The van der Waals surface area contributed by atoms with Crippen LogP contribution in [0.1, 0.15) is 126 Å². The van der Waals surface area contributed by atoms with E-state index in [9.17, 15) is 14.4 Å². The summed E-state index contributed by atoms with van der Waals surface area (Å²) in [6.07, 6.45) is 16.1. The average molecular weight is 791 g/mol. The molecule has 0 aliphatic heterocycles. The molecule has 0 amide bonds. The zero-order valence-corrected chi connectivity index (χ0v) is 35.2. The number of hydrogen-bond donors (Lipinski definition) is 0. The minimum absolute atomic E-state index is 0.200. The Bertz CT molecular complexity index is 1930. The lowest BCUT2D eigenvalue weighted by Crippen LogP contribution is -2.52. The highest BCUT2D eigenvalue weighted by molar-refractivity contribution is 5.92. The maximum Gasteiger partial charge on any atom is 0.514 e. The second kappa shape index (κ2) is 17.7. The first kappa shape index (κ1) is 41.6. The van der Waals surface area contributed by atoms with Crippen molar-refractivity contribution in [1.29, 1.82) is 0 Å². The SMILES string of the molecule is CCOc1ccc(C(=O)Oc2ccc(OC(=O)c3cccc(OC(=O)OC4CC[C@]5(C)C(C=C[C@@H]6[C@H]7CC[C@@H](C(C)CCCC(C)C)[C@]7(C)CC[C@H]65)C4)c3)cc2)cc1. The molecule has 3 saturated carbocycles. The molecule has 0 bridgehead atoms. The molecule has 9 atom stereocenters. The molecule has 0 spiro atoms. The number of rotatable bonds is 13. The maximum absolute atomic E-state index is 13.1. The molecule has 3 fully saturated rings. The fraction of sp³-hybridized carbons (Fsp3) is 0.540. The minimum atomic E-state index is -0.764. The van der Waals surface area contributed by atoms with Gasteiger partial charge in [-0.1, -0.05) is 72.1 Å². The summed E-state index contributed by atoms with van der Waals surface area (Å²) in [6.45, 7) is 14.8. The van der Waals surface area contributed by atoms with Gasteiger partial charge in [0.25, 0.3) is 0 Å². The van der Waals surface area contributed by atoms with Crippen LogP contribution in [-0.2, 0) is 4.74 Å². The van der Waals surface area contributed by atoms with Gasteiger partial charge in [-0.15, -0.1) is 0 Å². The number of allylic oxidation sites excluding steroid dienone is 2. The average Bonchev–Trinajstić information content (AvgIpc) is 3.56. The van der Waals surface area contributed by atoms with Gasteiger partial charge in [0.1, 0.15) is 29.1 Å². The predicted molar refractivity (Wildman–Crippen MR) is 224 cm³/mol. The van der Waals surface area contributed by atoms with Crippen molar-refractivity contribution in [2.75, 3.05) is 6.61 Å². The van der Waals surface area contributed by atoms with Crippen LogP contribution in [0, 0.1) is 52.3 Å². The summed E-state index contributed by atoms with van der Waals surface area (Å²) in [5, 5.41) is 0. The summed E-state index contributed by atoms with van der Waals surface area (Å²) in [6, 6.07) is 19.2. The zero-order valence-electron chi connectivity index (χ0n) is 35.2. The predicted octanol–water partition coefficient (Wildman–Crippen LogP) is 12.3. The minimum Gasteiger partial charge on any atom is -0.494 e. The molecule has 8 heteroatoms. The van der Waals surface area contributed by atoms with E-state index in [0.29, 0.717) is 46.8 Å². The second-order valence-electron chi connectivity index (χ2n) is 18.4. The maximum atomic E-state index is 13.1. The molecular weight excluding hydrogens is 729 g/mol. The van der Waals surface area contributed by atoms with Crippen LogP contribution < -0.4 is 18.9 Å². The smallest absolute Gasteiger partial charge is 0.494 e. The summed E-state index contributed by atoms with van der Waals surface area (Å²) in [5.74, 6) is 5.17.